The Hall–Kier alpha value is -1.22. The predicted octanol–water partition coefficient (Wildman–Crippen LogP) is 1.39. The molecule has 0 fully saturated rings. The molecule has 0 aliphatic carbocycles. The van der Waals surface area contributed by atoms with E-state index < -0.39 is 17.7 Å². The second-order valence-electron chi connectivity index (χ2n) is 2.52. The van der Waals surface area contributed by atoms with Crippen LogP contribution < -0.4 is 0 Å². The second-order valence-corrected chi connectivity index (χ2v) is 2.52. The van der Waals surface area contributed by atoms with Gasteiger partial charge in [-0.15, -0.1) is 0 Å². The molecule has 0 aliphatic heterocycles. The molecule has 1 atom stereocenters. The summed E-state index contributed by atoms with van der Waals surface area (Å²) in [6, 6.07) is 5.59. The van der Waals surface area contributed by atoms with Crippen molar-refractivity contribution in [2.75, 3.05) is 0 Å². The van der Waals surface area contributed by atoms with Crippen molar-refractivity contribution >= 4 is 5.78 Å². The van der Waals surface area contributed by atoms with Crippen molar-refractivity contribution in [2.45, 2.75) is 13.0 Å². The van der Waals surface area contributed by atoms with Crippen LogP contribution in [0.25, 0.3) is 0 Å². The molecular weight excluding hydrogens is 159 g/mol. The number of aliphatic hydroxyl groups excluding tert-OH is 1. The van der Waals surface area contributed by atoms with Crippen LogP contribution in [0.3, 0.4) is 0 Å². The van der Waals surface area contributed by atoms with Crippen LogP contribution in [0.4, 0.5) is 4.39 Å². The summed E-state index contributed by atoms with van der Waals surface area (Å²) >= 11 is 0. The van der Waals surface area contributed by atoms with Crippen LogP contribution in [0.1, 0.15) is 17.3 Å². The molecule has 2 nitrogen and oxygen atoms in total. The molecule has 1 aromatic rings. The van der Waals surface area contributed by atoms with Crippen LogP contribution in [0.5, 0.6) is 0 Å². The number of carbonyl (C=O) groups excluding carboxylic acids is 1. The minimum absolute atomic E-state index is 0.0625. The average molecular weight is 168 g/mol. The Kier molecular flexibility index (Phi) is 2.55. The lowest BCUT2D eigenvalue weighted by molar-refractivity contribution is 0.0775. The van der Waals surface area contributed by atoms with Crippen molar-refractivity contribution in [1.29, 1.82) is 0 Å². The summed E-state index contributed by atoms with van der Waals surface area (Å²) in [5.74, 6) is -1.18. The van der Waals surface area contributed by atoms with Crippen molar-refractivity contribution < 1.29 is 14.3 Å². The van der Waals surface area contributed by atoms with Gasteiger partial charge in [0.15, 0.2) is 5.78 Å². The number of benzene rings is 1. The van der Waals surface area contributed by atoms with E-state index in [9.17, 15) is 9.18 Å². The number of hydrogen-bond acceptors (Lipinski definition) is 2. The molecule has 0 spiro atoms. The Bertz CT molecular complexity index is 294. The molecule has 1 N–H and O–H groups in total. The standard InChI is InChI=1S/C9H9FO2/c1-6(11)9(12)7-4-2-3-5-8(7)10/h2-6,11H,1H3/t6-/m0/s1. The highest BCUT2D eigenvalue weighted by atomic mass is 19.1. The molecule has 3 heteroatoms. The Morgan fingerprint density at radius 3 is 2.58 bits per heavy atom. The highest BCUT2D eigenvalue weighted by Crippen LogP contribution is 2.08. The summed E-state index contributed by atoms with van der Waals surface area (Å²) in [6.07, 6.45) is -1.15. The highest BCUT2D eigenvalue weighted by molar-refractivity contribution is 5.99. The molecule has 0 bridgehead atoms. The van der Waals surface area contributed by atoms with Gasteiger partial charge in [-0.1, -0.05) is 12.1 Å². The van der Waals surface area contributed by atoms with E-state index in [4.69, 9.17) is 5.11 Å². The van der Waals surface area contributed by atoms with Crippen molar-refractivity contribution in [1.82, 2.24) is 0 Å². The number of carbonyl (C=O) groups is 1. The monoisotopic (exact) mass is 168 g/mol. The molecule has 1 aromatic carbocycles. The zero-order valence-corrected chi connectivity index (χ0v) is 6.62. The molecule has 0 heterocycles. The van der Waals surface area contributed by atoms with Gasteiger partial charge < -0.3 is 5.11 Å². The van der Waals surface area contributed by atoms with Crippen LogP contribution in [0.2, 0.25) is 0 Å². The summed E-state index contributed by atoms with van der Waals surface area (Å²) in [4.78, 5) is 11.1. The Morgan fingerprint density at radius 1 is 1.50 bits per heavy atom. The first-order valence-corrected chi connectivity index (χ1v) is 3.59. The molecule has 64 valence electrons. The maximum absolute atomic E-state index is 12.9. The Morgan fingerprint density at radius 2 is 2.08 bits per heavy atom. The van der Waals surface area contributed by atoms with E-state index in [1.165, 1.54) is 25.1 Å². The smallest absolute Gasteiger partial charge is 0.193 e. The van der Waals surface area contributed by atoms with E-state index in [0.717, 1.165) is 0 Å². The van der Waals surface area contributed by atoms with Crippen molar-refractivity contribution in [3.63, 3.8) is 0 Å². The first-order valence-electron chi connectivity index (χ1n) is 3.59. The molecular formula is C9H9FO2. The summed E-state index contributed by atoms with van der Waals surface area (Å²) < 4.78 is 12.9. The number of hydrogen-bond donors (Lipinski definition) is 1. The molecule has 0 aliphatic rings. The van der Waals surface area contributed by atoms with Gasteiger partial charge in [-0.3, -0.25) is 4.79 Å². The van der Waals surface area contributed by atoms with E-state index in [0.29, 0.717) is 0 Å². The van der Waals surface area contributed by atoms with Gasteiger partial charge in [0, 0.05) is 0 Å². The highest BCUT2D eigenvalue weighted by Gasteiger charge is 2.15. The normalized spacial score (nSPS) is 12.6. The van der Waals surface area contributed by atoms with Gasteiger partial charge in [0.05, 0.1) is 5.56 Å². The fourth-order valence-electron chi connectivity index (χ4n) is 0.886. The summed E-state index contributed by atoms with van der Waals surface area (Å²) in [7, 11) is 0. The third-order valence-electron chi connectivity index (χ3n) is 1.52. The molecule has 0 saturated heterocycles. The third kappa shape index (κ3) is 1.68. The average Bonchev–Trinajstić information content (AvgIpc) is 2.04. The Labute approximate surface area is 69.6 Å². The minimum Gasteiger partial charge on any atom is -0.385 e. The first-order chi connectivity index (χ1) is 5.63. The predicted molar refractivity (Wildman–Crippen MR) is 42.4 cm³/mol. The zero-order chi connectivity index (χ0) is 9.14. The Balaban J connectivity index is 3.03. The fourth-order valence-corrected chi connectivity index (χ4v) is 0.886. The van der Waals surface area contributed by atoms with Crippen LogP contribution in [-0.4, -0.2) is 17.0 Å². The van der Waals surface area contributed by atoms with E-state index in [2.05, 4.69) is 0 Å². The van der Waals surface area contributed by atoms with Crippen molar-refractivity contribution in [2.24, 2.45) is 0 Å². The van der Waals surface area contributed by atoms with Gasteiger partial charge in [0.25, 0.3) is 0 Å². The number of Topliss-reactive ketones (excluding diaryl/α,β-unsaturated/α-hetero) is 1. The van der Waals surface area contributed by atoms with E-state index >= 15 is 0 Å². The summed E-state index contributed by atoms with van der Waals surface area (Å²) in [5, 5.41) is 8.88. The number of ketones is 1. The van der Waals surface area contributed by atoms with Crippen LogP contribution in [0.15, 0.2) is 24.3 Å². The van der Waals surface area contributed by atoms with Gasteiger partial charge >= 0.3 is 0 Å². The zero-order valence-electron chi connectivity index (χ0n) is 6.62. The molecule has 1 rings (SSSR count). The lowest BCUT2D eigenvalue weighted by atomic mass is 10.1. The molecule has 0 radical (unpaired) electrons. The van der Waals surface area contributed by atoms with Crippen molar-refractivity contribution in [3.8, 4) is 0 Å². The lowest BCUT2D eigenvalue weighted by Crippen LogP contribution is -2.17. The van der Waals surface area contributed by atoms with Crippen LogP contribution in [-0.2, 0) is 0 Å². The molecule has 0 saturated carbocycles. The van der Waals surface area contributed by atoms with E-state index in [1.807, 2.05) is 0 Å². The lowest BCUT2D eigenvalue weighted by Gasteiger charge is -2.03. The fraction of sp³-hybridized carbons (Fsp3) is 0.222. The molecule has 0 aromatic heterocycles. The van der Waals surface area contributed by atoms with Crippen LogP contribution in [0, 0.1) is 5.82 Å². The summed E-state index contributed by atoms with van der Waals surface area (Å²) in [5.41, 5.74) is -0.0625. The van der Waals surface area contributed by atoms with E-state index in [1.54, 1.807) is 6.07 Å². The van der Waals surface area contributed by atoms with Crippen LogP contribution >= 0.6 is 0 Å². The number of rotatable bonds is 2. The van der Waals surface area contributed by atoms with Crippen molar-refractivity contribution in [3.05, 3.63) is 35.6 Å². The van der Waals surface area contributed by atoms with Gasteiger partial charge in [0.1, 0.15) is 11.9 Å². The van der Waals surface area contributed by atoms with E-state index in [-0.39, 0.29) is 5.56 Å². The molecule has 0 amide bonds. The third-order valence-corrected chi connectivity index (χ3v) is 1.52. The second kappa shape index (κ2) is 3.45. The van der Waals surface area contributed by atoms with Gasteiger partial charge in [-0.25, -0.2) is 4.39 Å². The summed E-state index contributed by atoms with van der Waals surface area (Å²) in [6.45, 7) is 1.31. The first kappa shape index (κ1) is 8.87. The molecule has 0 unspecified atom stereocenters. The minimum atomic E-state index is -1.15. The topological polar surface area (TPSA) is 37.3 Å². The van der Waals surface area contributed by atoms with Gasteiger partial charge in [-0.05, 0) is 19.1 Å². The molecule has 12 heavy (non-hydrogen) atoms. The maximum Gasteiger partial charge on any atom is 0.193 e. The largest absolute Gasteiger partial charge is 0.385 e. The number of aliphatic hydroxyl groups is 1. The van der Waals surface area contributed by atoms with Gasteiger partial charge in [-0.2, -0.15) is 0 Å². The van der Waals surface area contributed by atoms with Gasteiger partial charge in [0.2, 0.25) is 0 Å². The SMILES string of the molecule is C[C@H](O)C(=O)c1ccccc1F. The maximum atomic E-state index is 12.9. The quantitative estimate of drug-likeness (QED) is 0.677. The number of halogens is 1.